The lowest BCUT2D eigenvalue weighted by molar-refractivity contribution is -0.137. The van der Waals surface area contributed by atoms with Crippen molar-refractivity contribution >= 4 is 28.5 Å². The molecule has 0 aliphatic carbocycles. The van der Waals surface area contributed by atoms with Crippen LogP contribution in [0.1, 0.15) is 5.56 Å². The number of halogens is 3. The summed E-state index contributed by atoms with van der Waals surface area (Å²) < 4.78 is 40.7. The zero-order valence-electron chi connectivity index (χ0n) is 15.5. The number of fused-ring (bicyclic) bond motifs is 1. The molecule has 0 saturated heterocycles. The van der Waals surface area contributed by atoms with Gasteiger partial charge in [-0.2, -0.15) is 18.3 Å². The molecule has 8 nitrogen and oxygen atoms in total. The predicted molar refractivity (Wildman–Crippen MR) is 107 cm³/mol. The number of alkyl halides is 3. The maximum absolute atomic E-state index is 13.6. The Labute approximate surface area is 168 Å². The van der Waals surface area contributed by atoms with Gasteiger partial charge in [0.25, 0.3) is 0 Å². The van der Waals surface area contributed by atoms with Crippen molar-refractivity contribution in [3.8, 4) is 11.3 Å². The van der Waals surface area contributed by atoms with Gasteiger partial charge in [-0.3, -0.25) is 5.10 Å². The summed E-state index contributed by atoms with van der Waals surface area (Å²) in [7, 11) is 0. The largest absolute Gasteiger partial charge is 0.417 e. The monoisotopic (exact) mass is 414 g/mol. The average molecular weight is 414 g/mol. The third-order valence-electron chi connectivity index (χ3n) is 4.31. The summed E-state index contributed by atoms with van der Waals surface area (Å²) in [5.74, 6) is 0.553. The number of hydrogen-bond donors (Lipinski definition) is 4. The number of nitrogens with two attached hydrogens (primary N) is 1. The SMILES string of the molecule is NCCNc1nnc(Nc2n[nH]c3ccccc23)nc1-c1ccccc1C(F)(F)F. The molecular weight excluding hydrogens is 397 g/mol. The lowest BCUT2D eigenvalue weighted by Crippen LogP contribution is -2.17. The zero-order valence-corrected chi connectivity index (χ0v) is 15.5. The molecule has 154 valence electrons. The Kier molecular flexibility index (Phi) is 5.19. The van der Waals surface area contributed by atoms with Crippen molar-refractivity contribution < 1.29 is 13.2 Å². The maximum Gasteiger partial charge on any atom is 0.417 e. The van der Waals surface area contributed by atoms with Crippen LogP contribution < -0.4 is 16.4 Å². The molecule has 4 rings (SSSR count). The number of H-pyrrole nitrogens is 1. The molecule has 0 unspecified atom stereocenters. The van der Waals surface area contributed by atoms with Gasteiger partial charge in [0, 0.05) is 24.0 Å². The fourth-order valence-corrected chi connectivity index (χ4v) is 2.98. The first kappa shape index (κ1) is 19.6. The normalized spacial score (nSPS) is 11.6. The Hall–Kier alpha value is -3.73. The summed E-state index contributed by atoms with van der Waals surface area (Å²) in [5.41, 5.74) is 5.36. The molecule has 0 atom stereocenters. The van der Waals surface area contributed by atoms with Crippen molar-refractivity contribution in [2.24, 2.45) is 5.73 Å². The Balaban J connectivity index is 1.79. The van der Waals surface area contributed by atoms with Crippen molar-refractivity contribution in [1.29, 1.82) is 0 Å². The second-order valence-electron chi connectivity index (χ2n) is 6.33. The average Bonchev–Trinajstić information content (AvgIpc) is 3.15. The van der Waals surface area contributed by atoms with Gasteiger partial charge >= 0.3 is 6.18 Å². The van der Waals surface area contributed by atoms with Gasteiger partial charge in [0.05, 0.1) is 11.1 Å². The summed E-state index contributed by atoms with van der Waals surface area (Å²) in [6.07, 6.45) is -4.56. The van der Waals surface area contributed by atoms with Crippen molar-refractivity contribution in [2.45, 2.75) is 6.18 Å². The van der Waals surface area contributed by atoms with E-state index in [1.807, 2.05) is 24.3 Å². The van der Waals surface area contributed by atoms with Gasteiger partial charge < -0.3 is 16.4 Å². The van der Waals surface area contributed by atoms with E-state index in [2.05, 4.69) is 36.0 Å². The van der Waals surface area contributed by atoms with Crippen LogP contribution in [-0.2, 0) is 6.18 Å². The number of rotatable bonds is 6. The topological polar surface area (TPSA) is 117 Å². The highest BCUT2D eigenvalue weighted by Crippen LogP contribution is 2.38. The van der Waals surface area contributed by atoms with Crippen molar-refractivity contribution in [3.05, 3.63) is 54.1 Å². The molecule has 2 heterocycles. The molecule has 0 amide bonds. The summed E-state index contributed by atoms with van der Waals surface area (Å²) >= 11 is 0. The molecule has 0 aliphatic rings. The van der Waals surface area contributed by atoms with Crippen molar-refractivity contribution in [2.75, 3.05) is 23.7 Å². The smallest absolute Gasteiger partial charge is 0.365 e. The first-order valence-electron chi connectivity index (χ1n) is 9.03. The third-order valence-corrected chi connectivity index (χ3v) is 4.31. The molecule has 0 bridgehead atoms. The van der Waals surface area contributed by atoms with Crippen LogP contribution in [0.5, 0.6) is 0 Å². The molecule has 0 saturated carbocycles. The molecular formula is C19H17F3N8. The second kappa shape index (κ2) is 7.95. The Morgan fingerprint density at radius 2 is 1.73 bits per heavy atom. The van der Waals surface area contributed by atoms with E-state index in [4.69, 9.17) is 5.73 Å². The third kappa shape index (κ3) is 3.87. The number of nitrogens with one attached hydrogen (secondary N) is 3. The molecule has 0 aliphatic heterocycles. The minimum atomic E-state index is -4.56. The van der Waals surface area contributed by atoms with Crippen LogP contribution in [0.3, 0.4) is 0 Å². The minimum absolute atomic E-state index is 0.00807. The van der Waals surface area contributed by atoms with E-state index in [-0.39, 0.29) is 29.6 Å². The molecule has 0 spiro atoms. The van der Waals surface area contributed by atoms with Crippen LogP contribution in [0, 0.1) is 0 Å². The maximum atomic E-state index is 13.6. The number of aromatic amines is 1. The summed E-state index contributed by atoms with van der Waals surface area (Å²) in [5, 5.41) is 21.6. The van der Waals surface area contributed by atoms with Crippen molar-refractivity contribution in [1.82, 2.24) is 25.4 Å². The zero-order chi connectivity index (χ0) is 21.1. The van der Waals surface area contributed by atoms with E-state index >= 15 is 0 Å². The highest BCUT2D eigenvalue weighted by atomic mass is 19.4. The van der Waals surface area contributed by atoms with E-state index in [9.17, 15) is 13.2 Å². The molecule has 2 aromatic heterocycles. The molecule has 5 N–H and O–H groups in total. The molecule has 0 radical (unpaired) electrons. The van der Waals surface area contributed by atoms with E-state index < -0.39 is 11.7 Å². The van der Waals surface area contributed by atoms with Gasteiger partial charge in [-0.15, -0.1) is 10.2 Å². The standard InChI is InChI=1S/C19H17F3N8/c20-19(21,22)13-7-3-1-5-11(13)15-17(24-10-9-23)29-30-18(25-15)26-16-12-6-2-4-8-14(12)27-28-16/h1-8H,9-10,23H2,(H,24,29)(H2,25,26,27,28,30). The lowest BCUT2D eigenvalue weighted by Gasteiger charge is -2.15. The van der Waals surface area contributed by atoms with Crippen LogP contribution >= 0.6 is 0 Å². The predicted octanol–water partition coefficient (Wildman–Crippen LogP) is 3.55. The first-order valence-corrected chi connectivity index (χ1v) is 9.03. The van der Waals surface area contributed by atoms with E-state index in [0.717, 1.165) is 17.0 Å². The van der Waals surface area contributed by atoms with Gasteiger partial charge in [-0.05, 0) is 18.2 Å². The van der Waals surface area contributed by atoms with Gasteiger partial charge in [0.15, 0.2) is 11.6 Å². The number of para-hydroxylation sites is 1. The lowest BCUT2D eigenvalue weighted by atomic mass is 10.0. The molecule has 0 fully saturated rings. The quantitative estimate of drug-likeness (QED) is 0.381. The summed E-state index contributed by atoms with van der Waals surface area (Å²) in [6.45, 7) is 0.565. The number of aromatic nitrogens is 5. The van der Waals surface area contributed by atoms with E-state index in [0.29, 0.717) is 12.4 Å². The fraction of sp³-hybridized carbons (Fsp3) is 0.158. The van der Waals surface area contributed by atoms with Crippen LogP contribution in [0.2, 0.25) is 0 Å². The van der Waals surface area contributed by atoms with Crippen molar-refractivity contribution in [3.63, 3.8) is 0 Å². The fourth-order valence-electron chi connectivity index (χ4n) is 2.98. The van der Waals surface area contributed by atoms with Crippen LogP contribution in [-0.4, -0.2) is 38.5 Å². The first-order chi connectivity index (χ1) is 14.5. The highest BCUT2D eigenvalue weighted by Gasteiger charge is 2.34. The Bertz CT molecular complexity index is 1170. The van der Waals surface area contributed by atoms with E-state index in [1.165, 1.54) is 18.2 Å². The summed E-state index contributed by atoms with van der Waals surface area (Å²) in [6, 6.07) is 12.5. The molecule has 4 aromatic rings. The summed E-state index contributed by atoms with van der Waals surface area (Å²) in [4.78, 5) is 4.31. The molecule has 30 heavy (non-hydrogen) atoms. The molecule has 2 aromatic carbocycles. The van der Waals surface area contributed by atoms with Crippen LogP contribution in [0.25, 0.3) is 22.2 Å². The second-order valence-corrected chi connectivity index (χ2v) is 6.33. The molecule has 11 heteroatoms. The Morgan fingerprint density at radius 1 is 0.967 bits per heavy atom. The van der Waals surface area contributed by atoms with Gasteiger partial charge in [0.1, 0.15) is 5.69 Å². The number of benzene rings is 2. The number of anilines is 3. The minimum Gasteiger partial charge on any atom is -0.365 e. The highest BCUT2D eigenvalue weighted by molar-refractivity contribution is 5.90. The Morgan fingerprint density at radius 3 is 2.53 bits per heavy atom. The number of hydrogen-bond acceptors (Lipinski definition) is 7. The number of nitrogens with zero attached hydrogens (tertiary/aromatic N) is 4. The van der Waals surface area contributed by atoms with Crippen LogP contribution in [0.4, 0.5) is 30.8 Å². The van der Waals surface area contributed by atoms with Gasteiger partial charge in [0.2, 0.25) is 5.95 Å². The van der Waals surface area contributed by atoms with E-state index in [1.54, 1.807) is 0 Å². The van der Waals surface area contributed by atoms with Gasteiger partial charge in [-0.25, -0.2) is 4.98 Å². The van der Waals surface area contributed by atoms with Gasteiger partial charge in [-0.1, -0.05) is 30.3 Å². The van der Waals surface area contributed by atoms with Crippen LogP contribution in [0.15, 0.2) is 48.5 Å².